The fourth-order valence-corrected chi connectivity index (χ4v) is 7.79. The normalized spacial score (nSPS) is 55.9. The first kappa shape index (κ1) is 34.6. The smallest absolute Gasteiger partial charge is 0.163 e. The second-order valence-electron chi connectivity index (χ2n) is 14.6. The van der Waals surface area contributed by atoms with E-state index in [1.165, 1.54) is 0 Å². The molecule has 8 nitrogen and oxygen atoms in total. The molecule has 42 heavy (non-hydrogen) atoms. The minimum absolute atomic E-state index is 0.00951. The summed E-state index contributed by atoms with van der Waals surface area (Å²) in [5.74, 6) is 1.37. The molecule has 0 aromatic rings. The Kier molecular flexibility index (Phi) is 11.5. The third-order valence-electron chi connectivity index (χ3n) is 11.8. The minimum Gasteiger partial charge on any atom is -0.381 e. The molecule has 246 valence electrons. The van der Waals surface area contributed by atoms with E-state index in [1.807, 2.05) is 0 Å². The van der Waals surface area contributed by atoms with Crippen LogP contribution in [0, 0.1) is 47.3 Å². The van der Waals surface area contributed by atoms with Gasteiger partial charge in [0.05, 0.1) is 54.9 Å². The first-order valence-electron chi connectivity index (χ1n) is 16.8. The fourth-order valence-electron chi connectivity index (χ4n) is 7.79. The highest BCUT2D eigenvalue weighted by atomic mass is 16.7. The lowest BCUT2D eigenvalue weighted by Gasteiger charge is -2.51. The molecule has 0 aromatic heterocycles. The second kappa shape index (κ2) is 14.0. The topological polar surface area (TPSA) is 73.8 Å². The zero-order chi connectivity index (χ0) is 31.2. The van der Waals surface area contributed by atoms with Crippen molar-refractivity contribution in [3.8, 4) is 0 Å². The van der Waals surface area contributed by atoms with Crippen molar-refractivity contribution in [1.29, 1.82) is 0 Å². The number of hydrogen-bond donors (Lipinski definition) is 0. The Labute approximate surface area is 256 Å². The van der Waals surface area contributed by atoms with E-state index in [4.69, 9.17) is 37.9 Å². The SMILES string of the molecule is COC1C(C)[C@H](OC2C(C)[C@H](OC3C(C)[C@H](OC4C(C)C(C)OC(C)[C@H]4C)OC(C)[C@H]3C)OC(C)[C@H]2C)OC(C)[C@H]1C. The van der Waals surface area contributed by atoms with Gasteiger partial charge in [-0.3, -0.25) is 0 Å². The molecule has 4 rings (SSSR count). The Balaban J connectivity index is 1.48. The number of methoxy groups -OCH3 is 1. The van der Waals surface area contributed by atoms with Gasteiger partial charge in [0.25, 0.3) is 0 Å². The summed E-state index contributed by atoms with van der Waals surface area (Å²) in [6.07, 6.45) is -0.822. The maximum Gasteiger partial charge on any atom is 0.163 e. The van der Waals surface area contributed by atoms with E-state index >= 15 is 0 Å². The summed E-state index contributed by atoms with van der Waals surface area (Å²) in [5, 5.41) is 0. The van der Waals surface area contributed by atoms with Crippen molar-refractivity contribution in [2.45, 2.75) is 164 Å². The monoisotopic (exact) mass is 598 g/mol. The molecule has 4 heterocycles. The van der Waals surface area contributed by atoms with Crippen LogP contribution in [-0.2, 0) is 37.9 Å². The average Bonchev–Trinajstić information content (AvgIpc) is 2.94. The standard InChI is InChI=1S/C34H62O8/c1-15-25(11)37-32(20(6)28(15)35-14)41-30-18(4)27(13)39-34(22(30)8)42-31-19(5)26(12)38-33(21(31)7)40-29-16(2)23(9)36-24(10)17(29)3/h15-34H,1-14H3/t15-,16-,17?,18-,19-,20?,21?,22?,23?,24?,25?,26?,27?,28?,29?,30?,31?,32+,33+,34+/m1/s1. The molecule has 0 amide bonds. The Bertz CT molecular complexity index is 843. The van der Waals surface area contributed by atoms with Crippen molar-refractivity contribution in [1.82, 2.24) is 0 Å². The van der Waals surface area contributed by atoms with E-state index in [0.717, 1.165) is 0 Å². The molecule has 8 heteroatoms. The van der Waals surface area contributed by atoms with Crippen molar-refractivity contribution in [3.05, 3.63) is 0 Å². The van der Waals surface area contributed by atoms with Gasteiger partial charge in [-0.15, -0.1) is 0 Å². The van der Waals surface area contributed by atoms with Gasteiger partial charge in [0.1, 0.15) is 0 Å². The molecular formula is C34H62O8. The second-order valence-corrected chi connectivity index (χ2v) is 14.6. The molecule has 0 aromatic carbocycles. The lowest BCUT2D eigenvalue weighted by atomic mass is 9.82. The Hall–Kier alpha value is -0.320. The van der Waals surface area contributed by atoms with Gasteiger partial charge in [0.2, 0.25) is 0 Å². The average molecular weight is 599 g/mol. The number of ether oxygens (including phenoxy) is 8. The van der Waals surface area contributed by atoms with E-state index in [2.05, 4.69) is 90.0 Å². The van der Waals surface area contributed by atoms with Crippen molar-refractivity contribution >= 4 is 0 Å². The van der Waals surface area contributed by atoms with E-state index in [1.54, 1.807) is 7.11 Å². The van der Waals surface area contributed by atoms with Crippen LogP contribution in [0.4, 0.5) is 0 Å². The van der Waals surface area contributed by atoms with Crippen LogP contribution in [-0.4, -0.2) is 80.9 Å². The number of rotatable bonds is 7. The summed E-state index contributed by atoms with van der Waals surface area (Å²) in [6.45, 7) is 28.2. The highest BCUT2D eigenvalue weighted by Crippen LogP contribution is 2.42. The van der Waals surface area contributed by atoms with Crippen LogP contribution in [0.5, 0.6) is 0 Å². The molecule has 0 bridgehead atoms. The Morgan fingerprint density at radius 1 is 0.310 bits per heavy atom. The summed E-state index contributed by atoms with van der Waals surface area (Å²) in [5.41, 5.74) is 0. The van der Waals surface area contributed by atoms with E-state index in [-0.39, 0.29) is 109 Å². The van der Waals surface area contributed by atoms with Crippen LogP contribution in [0.3, 0.4) is 0 Å². The molecule has 4 aliphatic heterocycles. The molecule has 0 aliphatic carbocycles. The van der Waals surface area contributed by atoms with Gasteiger partial charge in [-0.1, -0.05) is 55.4 Å². The van der Waals surface area contributed by atoms with Gasteiger partial charge in [-0.25, -0.2) is 0 Å². The van der Waals surface area contributed by atoms with Gasteiger partial charge in [-0.05, 0) is 34.6 Å². The van der Waals surface area contributed by atoms with Crippen LogP contribution in [0.2, 0.25) is 0 Å². The highest BCUT2D eigenvalue weighted by Gasteiger charge is 2.50. The molecular weight excluding hydrogens is 536 g/mol. The molecule has 0 radical (unpaired) electrons. The van der Waals surface area contributed by atoms with Gasteiger partial charge in [-0.2, -0.15) is 0 Å². The predicted molar refractivity (Wildman–Crippen MR) is 162 cm³/mol. The Morgan fingerprint density at radius 3 is 0.857 bits per heavy atom. The highest BCUT2D eigenvalue weighted by molar-refractivity contribution is 4.92. The van der Waals surface area contributed by atoms with Crippen LogP contribution in [0.15, 0.2) is 0 Å². The first-order valence-corrected chi connectivity index (χ1v) is 16.8. The lowest BCUT2D eigenvalue weighted by Crippen LogP contribution is -2.58. The fraction of sp³-hybridized carbons (Fsp3) is 1.00. The van der Waals surface area contributed by atoms with Gasteiger partial charge >= 0.3 is 0 Å². The third-order valence-corrected chi connectivity index (χ3v) is 11.8. The maximum atomic E-state index is 6.95. The molecule has 0 saturated carbocycles. The summed E-state index contributed by atoms with van der Waals surface area (Å²) in [6, 6.07) is 0. The minimum atomic E-state index is -0.406. The zero-order valence-corrected chi connectivity index (χ0v) is 28.8. The first-order chi connectivity index (χ1) is 19.7. The van der Waals surface area contributed by atoms with Crippen LogP contribution >= 0.6 is 0 Å². The largest absolute Gasteiger partial charge is 0.381 e. The Morgan fingerprint density at radius 2 is 0.548 bits per heavy atom. The predicted octanol–water partition coefficient (Wildman–Crippen LogP) is 6.29. The van der Waals surface area contributed by atoms with Crippen LogP contribution in [0.25, 0.3) is 0 Å². The van der Waals surface area contributed by atoms with E-state index < -0.39 is 6.29 Å². The summed E-state index contributed by atoms with van der Waals surface area (Å²) < 4.78 is 52.1. The molecule has 4 aliphatic rings. The maximum absolute atomic E-state index is 6.95. The van der Waals surface area contributed by atoms with Crippen molar-refractivity contribution in [2.75, 3.05) is 7.11 Å². The summed E-state index contributed by atoms with van der Waals surface area (Å²) >= 11 is 0. The van der Waals surface area contributed by atoms with Gasteiger partial charge < -0.3 is 37.9 Å². The van der Waals surface area contributed by atoms with Crippen molar-refractivity contribution in [3.63, 3.8) is 0 Å². The van der Waals surface area contributed by atoms with Gasteiger partial charge in [0.15, 0.2) is 18.9 Å². The van der Waals surface area contributed by atoms with Crippen LogP contribution < -0.4 is 0 Å². The summed E-state index contributed by atoms with van der Waals surface area (Å²) in [7, 11) is 1.79. The molecule has 20 atom stereocenters. The van der Waals surface area contributed by atoms with E-state index in [9.17, 15) is 0 Å². The molecule has 4 fully saturated rings. The third kappa shape index (κ3) is 6.76. The van der Waals surface area contributed by atoms with E-state index in [0.29, 0.717) is 5.92 Å². The molecule has 0 spiro atoms. The summed E-state index contributed by atoms with van der Waals surface area (Å²) in [4.78, 5) is 0. The zero-order valence-electron chi connectivity index (χ0n) is 28.8. The quantitative estimate of drug-likeness (QED) is 0.339. The molecule has 0 N–H and O–H groups in total. The van der Waals surface area contributed by atoms with Crippen molar-refractivity contribution < 1.29 is 37.9 Å². The molecule has 13 unspecified atom stereocenters. The van der Waals surface area contributed by atoms with Gasteiger partial charge in [0, 0.05) is 54.5 Å². The van der Waals surface area contributed by atoms with Crippen LogP contribution in [0.1, 0.15) is 90.0 Å². The lowest BCUT2D eigenvalue weighted by molar-refractivity contribution is -0.351. The number of hydrogen-bond acceptors (Lipinski definition) is 8. The van der Waals surface area contributed by atoms with Crippen molar-refractivity contribution in [2.24, 2.45) is 47.3 Å². The molecule has 4 saturated heterocycles.